The standard InChI is InChI=1S/C7H10P2/c1-9(8)7-5-3-2-4-6-7/h2-6,8-9H,1H3. The van der Waals surface area contributed by atoms with Crippen molar-refractivity contribution in [3.05, 3.63) is 30.3 Å². The van der Waals surface area contributed by atoms with Crippen molar-refractivity contribution in [2.75, 3.05) is 6.66 Å². The fraction of sp³-hybridized carbons (Fsp3) is 0.143. The first-order valence-electron chi connectivity index (χ1n) is 2.91. The summed E-state index contributed by atoms with van der Waals surface area (Å²) in [5.74, 6) is 0. The summed E-state index contributed by atoms with van der Waals surface area (Å²) in [4.78, 5) is 0. The molecular formula is C7H10P2. The third-order valence-electron chi connectivity index (χ3n) is 1.21. The van der Waals surface area contributed by atoms with Gasteiger partial charge in [-0.1, -0.05) is 37.5 Å². The van der Waals surface area contributed by atoms with Crippen LogP contribution < -0.4 is 5.30 Å². The molecule has 0 heterocycles. The smallest absolute Gasteiger partial charge is 0.0238 e. The largest absolute Gasteiger partial charge is 0.125 e. The van der Waals surface area contributed by atoms with Crippen LogP contribution in [0.1, 0.15) is 0 Å². The fourth-order valence-corrected chi connectivity index (χ4v) is 1.88. The predicted molar refractivity (Wildman–Crippen MR) is 48.6 cm³/mol. The molecule has 0 amide bonds. The average molecular weight is 156 g/mol. The van der Waals surface area contributed by atoms with Gasteiger partial charge in [0.15, 0.2) is 0 Å². The van der Waals surface area contributed by atoms with Gasteiger partial charge >= 0.3 is 0 Å². The first-order valence-corrected chi connectivity index (χ1v) is 6.41. The summed E-state index contributed by atoms with van der Waals surface area (Å²) in [6, 6.07) is 10.5. The molecule has 0 radical (unpaired) electrons. The Morgan fingerprint density at radius 2 is 1.78 bits per heavy atom. The molecule has 0 saturated carbocycles. The molecule has 2 heteroatoms. The minimum absolute atomic E-state index is 0.407. The summed E-state index contributed by atoms with van der Waals surface area (Å²) in [5.41, 5.74) is 0. The molecule has 48 valence electrons. The molecule has 0 aliphatic heterocycles. The number of rotatable bonds is 1. The van der Waals surface area contributed by atoms with Gasteiger partial charge in [0, 0.05) is 0 Å². The van der Waals surface area contributed by atoms with Crippen molar-refractivity contribution in [2.45, 2.75) is 0 Å². The summed E-state index contributed by atoms with van der Waals surface area (Å²) in [6.07, 6.45) is 0. The van der Waals surface area contributed by atoms with E-state index in [0.29, 0.717) is 0 Å². The molecule has 0 spiro atoms. The Morgan fingerprint density at radius 1 is 1.22 bits per heavy atom. The maximum Gasteiger partial charge on any atom is -0.0238 e. The van der Waals surface area contributed by atoms with Gasteiger partial charge in [-0.2, -0.15) is 0 Å². The van der Waals surface area contributed by atoms with E-state index in [2.05, 4.69) is 39.5 Å². The van der Waals surface area contributed by atoms with E-state index in [-0.39, 0.29) is 0 Å². The van der Waals surface area contributed by atoms with Crippen LogP contribution in [-0.4, -0.2) is 6.66 Å². The lowest BCUT2D eigenvalue weighted by Gasteiger charge is -1.95. The zero-order chi connectivity index (χ0) is 6.69. The van der Waals surface area contributed by atoms with Gasteiger partial charge in [0.25, 0.3) is 0 Å². The second kappa shape index (κ2) is 3.20. The van der Waals surface area contributed by atoms with Crippen LogP contribution in [0.4, 0.5) is 0 Å². The van der Waals surface area contributed by atoms with E-state index in [1.165, 1.54) is 5.30 Å². The topological polar surface area (TPSA) is 0 Å². The van der Waals surface area contributed by atoms with Gasteiger partial charge in [0.05, 0.1) is 0 Å². The SMILES string of the molecule is C[PH](=P)c1ccccc1. The Balaban J connectivity index is 2.98. The molecule has 0 aliphatic carbocycles. The summed E-state index contributed by atoms with van der Waals surface area (Å²) in [5, 5.41) is 1.43. The van der Waals surface area contributed by atoms with Gasteiger partial charge in [0.2, 0.25) is 0 Å². The molecule has 0 aromatic heterocycles. The Kier molecular flexibility index (Phi) is 2.51. The van der Waals surface area contributed by atoms with E-state index in [1.807, 2.05) is 6.07 Å². The quantitative estimate of drug-likeness (QED) is 0.547. The van der Waals surface area contributed by atoms with Crippen LogP contribution in [0.5, 0.6) is 0 Å². The van der Waals surface area contributed by atoms with E-state index >= 15 is 0 Å². The third-order valence-corrected chi connectivity index (χ3v) is 3.27. The lowest BCUT2D eigenvalue weighted by molar-refractivity contribution is 1.78. The van der Waals surface area contributed by atoms with Crippen LogP contribution in [0.3, 0.4) is 0 Å². The molecule has 1 aromatic carbocycles. The highest BCUT2D eigenvalue weighted by Gasteiger charge is 1.85. The molecule has 0 N–H and O–H groups in total. The minimum Gasteiger partial charge on any atom is -0.125 e. The Bertz CT molecular complexity index is 203. The maximum atomic E-state index is 3.63. The summed E-state index contributed by atoms with van der Waals surface area (Å²) in [6.45, 7) is 2.22. The summed E-state index contributed by atoms with van der Waals surface area (Å²) >= 11 is 0. The van der Waals surface area contributed by atoms with E-state index in [0.717, 1.165) is 0 Å². The van der Waals surface area contributed by atoms with Crippen LogP contribution in [0.2, 0.25) is 0 Å². The molecule has 0 fully saturated rings. The summed E-state index contributed by atoms with van der Waals surface area (Å²) < 4.78 is 0. The minimum atomic E-state index is -0.407. The highest BCUT2D eigenvalue weighted by Crippen LogP contribution is 2.19. The summed E-state index contributed by atoms with van der Waals surface area (Å²) in [7, 11) is 3.23. The zero-order valence-corrected chi connectivity index (χ0v) is 7.39. The second-order valence-corrected chi connectivity index (χ2v) is 6.07. The first kappa shape index (κ1) is 7.06. The molecule has 0 nitrogen and oxygen atoms in total. The van der Waals surface area contributed by atoms with E-state index < -0.39 is 7.21 Å². The van der Waals surface area contributed by atoms with Crippen molar-refractivity contribution in [1.29, 1.82) is 0 Å². The van der Waals surface area contributed by atoms with Crippen LogP contribution in [-0.2, 0) is 0 Å². The van der Waals surface area contributed by atoms with Gasteiger partial charge in [-0.15, -0.1) is 8.53 Å². The third kappa shape index (κ3) is 1.97. The molecule has 1 atom stereocenters. The van der Waals surface area contributed by atoms with Crippen molar-refractivity contribution < 1.29 is 0 Å². The normalized spacial score (nSPS) is 13.0. The highest BCUT2D eigenvalue weighted by atomic mass is 31.7. The van der Waals surface area contributed by atoms with Gasteiger partial charge in [0.1, 0.15) is 0 Å². The van der Waals surface area contributed by atoms with Crippen molar-refractivity contribution in [3.63, 3.8) is 0 Å². The van der Waals surface area contributed by atoms with Gasteiger partial charge in [-0.25, -0.2) is 0 Å². The second-order valence-electron chi connectivity index (χ2n) is 1.99. The molecule has 0 aliphatic rings. The van der Waals surface area contributed by atoms with Crippen molar-refractivity contribution >= 4 is 21.0 Å². The van der Waals surface area contributed by atoms with Crippen molar-refractivity contribution in [3.8, 4) is 0 Å². The predicted octanol–water partition coefficient (Wildman–Crippen LogP) is 2.21. The first-order chi connectivity index (χ1) is 4.30. The van der Waals surface area contributed by atoms with E-state index in [1.54, 1.807) is 0 Å². The number of hydrogen-bond acceptors (Lipinski definition) is 0. The van der Waals surface area contributed by atoms with Crippen LogP contribution in [0.15, 0.2) is 30.3 Å². The molecule has 1 unspecified atom stereocenters. The van der Waals surface area contributed by atoms with Crippen molar-refractivity contribution in [1.82, 2.24) is 0 Å². The lowest BCUT2D eigenvalue weighted by atomic mass is 10.4. The van der Waals surface area contributed by atoms with Crippen LogP contribution >= 0.6 is 15.7 Å². The Morgan fingerprint density at radius 3 is 2.11 bits per heavy atom. The van der Waals surface area contributed by atoms with Gasteiger partial charge in [-0.3, -0.25) is 0 Å². The van der Waals surface area contributed by atoms with E-state index in [4.69, 9.17) is 0 Å². The fourth-order valence-electron chi connectivity index (χ4n) is 0.688. The van der Waals surface area contributed by atoms with Gasteiger partial charge in [-0.05, 0) is 12.0 Å². The maximum absolute atomic E-state index is 3.63. The molecule has 0 bridgehead atoms. The van der Waals surface area contributed by atoms with E-state index in [9.17, 15) is 0 Å². The highest BCUT2D eigenvalue weighted by molar-refractivity contribution is 7.90. The Hall–Kier alpha value is -0.0500. The molecule has 1 aromatic rings. The average Bonchev–Trinajstić information content (AvgIpc) is 1.90. The molecule has 1 rings (SSSR count). The molecule has 0 saturated heterocycles. The molecule has 9 heavy (non-hydrogen) atoms. The van der Waals surface area contributed by atoms with Gasteiger partial charge < -0.3 is 0 Å². The molecular weight excluding hydrogens is 146 g/mol. The van der Waals surface area contributed by atoms with Crippen LogP contribution in [0, 0.1) is 0 Å². The monoisotopic (exact) mass is 156 g/mol. The number of benzene rings is 1. The lowest BCUT2D eigenvalue weighted by Crippen LogP contribution is -1.89. The van der Waals surface area contributed by atoms with Crippen LogP contribution in [0.25, 0.3) is 0 Å². The van der Waals surface area contributed by atoms with Crippen molar-refractivity contribution in [2.24, 2.45) is 0 Å². The Labute approximate surface area is 58.7 Å². The zero-order valence-electron chi connectivity index (χ0n) is 5.39. The number of hydrogen-bond donors (Lipinski definition) is 0.